The van der Waals surface area contributed by atoms with Crippen molar-refractivity contribution in [1.82, 2.24) is 5.43 Å². The first-order valence-corrected chi connectivity index (χ1v) is 7.23. The molecule has 0 aliphatic carbocycles. The summed E-state index contributed by atoms with van der Waals surface area (Å²) in [5.74, 6) is 0.260. The number of phenolic OH excluding ortho intramolecular Hbond substituents is 1. The number of nitro benzene ring substituents is 1. The van der Waals surface area contributed by atoms with E-state index in [1.54, 1.807) is 24.3 Å². The lowest BCUT2D eigenvalue weighted by Gasteiger charge is -2.24. The summed E-state index contributed by atoms with van der Waals surface area (Å²) in [6, 6.07) is 10.4. The molecule has 1 amide bonds. The molecule has 1 aliphatic rings. The lowest BCUT2D eigenvalue weighted by atomic mass is 10.2. The highest BCUT2D eigenvalue weighted by Gasteiger charge is 2.27. The number of carbonyl (C=O) groups is 1. The Labute approximate surface area is 141 Å². The van der Waals surface area contributed by atoms with Crippen LogP contribution in [0.3, 0.4) is 0 Å². The third-order valence-corrected chi connectivity index (χ3v) is 3.40. The number of non-ortho nitro benzene ring substituents is 1. The highest BCUT2D eigenvalue weighted by molar-refractivity contribution is 5.87. The van der Waals surface area contributed by atoms with Crippen molar-refractivity contribution in [3.63, 3.8) is 0 Å². The van der Waals surface area contributed by atoms with Crippen LogP contribution in [0, 0.1) is 10.1 Å². The van der Waals surface area contributed by atoms with Crippen molar-refractivity contribution in [2.75, 3.05) is 6.61 Å². The zero-order chi connectivity index (χ0) is 17.8. The van der Waals surface area contributed by atoms with Crippen LogP contribution in [0.4, 0.5) is 5.69 Å². The van der Waals surface area contributed by atoms with Gasteiger partial charge in [-0.25, -0.2) is 5.43 Å². The number of benzene rings is 2. The number of nitrogens with one attached hydrogen (secondary N) is 1. The van der Waals surface area contributed by atoms with Gasteiger partial charge < -0.3 is 14.6 Å². The van der Waals surface area contributed by atoms with Crippen LogP contribution >= 0.6 is 0 Å². The van der Waals surface area contributed by atoms with Crippen LogP contribution in [-0.4, -0.2) is 34.9 Å². The molecule has 0 saturated carbocycles. The van der Waals surface area contributed by atoms with E-state index in [2.05, 4.69) is 10.5 Å². The first-order chi connectivity index (χ1) is 12.0. The smallest absolute Gasteiger partial charge is 0.284 e. The molecule has 0 radical (unpaired) electrons. The average molecular weight is 343 g/mol. The minimum absolute atomic E-state index is 0.0282. The molecule has 2 N–H and O–H groups in total. The number of para-hydroxylation sites is 2. The van der Waals surface area contributed by atoms with Gasteiger partial charge in [-0.3, -0.25) is 14.9 Å². The molecule has 0 aromatic heterocycles. The van der Waals surface area contributed by atoms with Gasteiger partial charge in [-0.1, -0.05) is 12.1 Å². The molecule has 3 rings (SSSR count). The number of nitrogens with zero attached hydrogens (tertiary/aromatic N) is 2. The van der Waals surface area contributed by atoms with E-state index >= 15 is 0 Å². The topological polar surface area (TPSA) is 123 Å². The molecule has 2 aromatic carbocycles. The van der Waals surface area contributed by atoms with Gasteiger partial charge in [0.2, 0.25) is 6.10 Å². The second kappa shape index (κ2) is 6.87. The molecule has 128 valence electrons. The standard InChI is InChI=1S/C16H13N3O6/c20-12-6-5-11(19(22)23)7-10(12)8-17-18-16(21)15-9-24-13-3-1-2-4-14(13)25-15/h1-8,15,20H,9H2,(H,18,21)/b17-8+. The van der Waals surface area contributed by atoms with Gasteiger partial charge in [-0.2, -0.15) is 5.10 Å². The Hall–Kier alpha value is -3.62. The summed E-state index contributed by atoms with van der Waals surface area (Å²) in [7, 11) is 0. The number of ether oxygens (including phenoxy) is 2. The van der Waals surface area contributed by atoms with Crippen LogP contribution in [0.2, 0.25) is 0 Å². The van der Waals surface area contributed by atoms with E-state index in [0.29, 0.717) is 11.5 Å². The molecule has 0 bridgehead atoms. The van der Waals surface area contributed by atoms with Gasteiger partial charge in [0.15, 0.2) is 11.5 Å². The minimum atomic E-state index is -0.884. The minimum Gasteiger partial charge on any atom is -0.507 e. The fourth-order valence-corrected chi connectivity index (χ4v) is 2.15. The summed E-state index contributed by atoms with van der Waals surface area (Å²) in [6.45, 7) is 0.0282. The molecule has 1 atom stereocenters. The summed E-state index contributed by atoms with van der Waals surface area (Å²) < 4.78 is 11.0. The molecule has 0 fully saturated rings. The fourth-order valence-electron chi connectivity index (χ4n) is 2.15. The van der Waals surface area contributed by atoms with Gasteiger partial charge in [0.25, 0.3) is 11.6 Å². The second-order valence-corrected chi connectivity index (χ2v) is 5.10. The van der Waals surface area contributed by atoms with Gasteiger partial charge in [0.05, 0.1) is 11.1 Å². The van der Waals surface area contributed by atoms with E-state index in [9.17, 15) is 20.0 Å². The number of hydrogen-bond donors (Lipinski definition) is 2. The predicted molar refractivity (Wildman–Crippen MR) is 86.9 cm³/mol. The molecule has 2 aromatic rings. The number of fused-ring (bicyclic) bond motifs is 1. The van der Waals surface area contributed by atoms with E-state index in [-0.39, 0.29) is 23.6 Å². The normalized spacial score (nSPS) is 15.8. The molecule has 1 aliphatic heterocycles. The summed E-state index contributed by atoms with van der Waals surface area (Å²) in [5, 5.41) is 24.1. The molecule has 9 heteroatoms. The van der Waals surface area contributed by atoms with Crippen LogP contribution in [-0.2, 0) is 4.79 Å². The molecule has 1 unspecified atom stereocenters. The van der Waals surface area contributed by atoms with Crippen molar-refractivity contribution in [3.8, 4) is 17.2 Å². The van der Waals surface area contributed by atoms with Crippen LogP contribution < -0.4 is 14.9 Å². The Morgan fingerprint density at radius 1 is 1.32 bits per heavy atom. The van der Waals surface area contributed by atoms with E-state index < -0.39 is 16.9 Å². The molecule has 1 heterocycles. The lowest BCUT2D eigenvalue weighted by molar-refractivity contribution is -0.384. The number of hydrogen-bond acceptors (Lipinski definition) is 7. The van der Waals surface area contributed by atoms with Gasteiger partial charge in [0, 0.05) is 17.7 Å². The Balaban J connectivity index is 1.64. The Kier molecular flexibility index (Phi) is 4.46. The summed E-state index contributed by atoms with van der Waals surface area (Å²) in [4.78, 5) is 22.2. The van der Waals surface area contributed by atoms with E-state index in [1.807, 2.05) is 0 Å². The largest absolute Gasteiger partial charge is 0.507 e. The van der Waals surface area contributed by atoms with E-state index in [0.717, 1.165) is 18.3 Å². The number of nitro groups is 1. The van der Waals surface area contributed by atoms with Crippen molar-refractivity contribution in [1.29, 1.82) is 0 Å². The Bertz CT molecular complexity index is 852. The summed E-state index contributed by atoms with van der Waals surface area (Å²) in [6.07, 6.45) is 0.225. The highest BCUT2D eigenvalue weighted by atomic mass is 16.6. The molecular weight excluding hydrogens is 330 g/mol. The van der Waals surface area contributed by atoms with Crippen LogP contribution in [0.1, 0.15) is 5.56 Å². The monoisotopic (exact) mass is 343 g/mol. The van der Waals surface area contributed by atoms with Gasteiger partial charge in [0.1, 0.15) is 12.4 Å². The van der Waals surface area contributed by atoms with Gasteiger partial charge in [-0.05, 0) is 18.2 Å². The third kappa shape index (κ3) is 3.66. The van der Waals surface area contributed by atoms with Gasteiger partial charge in [-0.15, -0.1) is 0 Å². The SMILES string of the molecule is O=C(N/N=C/c1cc([N+](=O)[O-])ccc1O)C1COc2ccccc2O1. The molecule has 25 heavy (non-hydrogen) atoms. The summed E-state index contributed by atoms with van der Waals surface area (Å²) >= 11 is 0. The van der Waals surface area contributed by atoms with Crippen LogP contribution in [0.15, 0.2) is 47.6 Å². The molecule has 0 saturated heterocycles. The van der Waals surface area contributed by atoms with Crippen molar-refractivity contribution in [2.24, 2.45) is 5.10 Å². The second-order valence-electron chi connectivity index (χ2n) is 5.10. The maximum absolute atomic E-state index is 12.1. The quantitative estimate of drug-likeness (QED) is 0.494. The first kappa shape index (κ1) is 16.2. The van der Waals surface area contributed by atoms with Crippen molar-refractivity contribution >= 4 is 17.8 Å². The molecule has 0 spiro atoms. The van der Waals surface area contributed by atoms with Crippen LogP contribution in [0.5, 0.6) is 17.2 Å². The first-order valence-electron chi connectivity index (χ1n) is 7.23. The van der Waals surface area contributed by atoms with E-state index in [4.69, 9.17) is 9.47 Å². The third-order valence-electron chi connectivity index (χ3n) is 3.40. The van der Waals surface area contributed by atoms with Crippen molar-refractivity contribution < 1.29 is 24.3 Å². The number of hydrazone groups is 1. The number of amides is 1. The number of phenols is 1. The zero-order valence-electron chi connectivity index (χ0n) is 12.8. The van der Waals surface area contributed by atoms with E-state index in [1.165, 1.54) is 6.07 Å². The zero-order valence-corrected chi connectivity index (χ0v) is 12.8. The van der Waals surface area contributed by atoms with Crippen molar-refractivity contribution in [2.45, 2.75) is 6.10 Å². The average Bonchev–Trinajstić information content (AvgIpc) is 2.62. The lowest BCUT2D eigenvalue weighted by Crippen LogP contribution is -2.42. The number of carbonyl (C=O) groups excluding carboxylic acids is 1. The number of rotatable bonds is 4. The predicted octanol–water partition coefficient (Wildman–Crippen LogP) is 1.59. The maximum Gasteiger partial charge on any atom is 0.284 e. The Morgan fingerprint density at radius 2 is 2.08 bits per heavy atom. The fraction of sp³-hybridized carbons (Fsp3) is 0.125. The molecular formula is C16H13N3O6. The molecule has 9 nitrogen and oxygen atoms in total. The summed E-state index contributed by atoms with van der Waals surface area (Å²) in [5.41, 5.74) is 2.15. The van der Waals surface area contributed by atoms with Gasteiger partial charge >= 0.3 is 0 Å². The van der Waals surface area contributed by atoms with Crippen LogP contribution in [0.25, 0.3) is 0 Å². The Morgan fingerprint density at radius 3 is 2.84 bits per heavy atom. The number of aromatic hydroxyl groups is 1. The maximum atomic E-state index is 12.1. The van der Waals surface area contributed by atoms with Crippen molar-refractivity contribution in [3.05, 3.63) is 58.1 Å². The highest BCUT2D eigenvalue weighted by Crippen LogP contribution is 2.30.